The molecule has 2 aliphatic heterocycles. The van der Waals surface area contributed by atoms with Gasteiger partial charge in [0, 0.05) is 36.3 Å². The quantitative estimate of drug-likeness (QED) is 0.634. The Morgan fingerprint density at radius 2 is 1.97 bits per heavy atom. The molecule has 2 saturated heterocycles. The van der Waals surface area contributed by atoms with E-state index in [-0.39, 0.29) is 11.3 Å². The molecule has 10 heteroatoms. The van der Waals surface area contributed by atoms with E-state index in [0.717, 1.165) is 32.1 Å². The van der Waals surface area contributed by atoms with Crippen molar-refractivity contribution in [2.75, 3.05) is 26.7 Å². The van der Waals surface area contributed by atoms with Crippen molar-refractivity contribution in [3.8, 4) is 17.3 Å². The Labute approximate surface area is 189 Å². The SMILES string of the molecule is Cc1c(-c2ccc(CCCN3C[C@@H]4C[C@H]3CN4C)c(C(F)(F)F)c2)nc(C#N)c2n[nH]nc12. The van der Waals surface area contributed by atoms with Gasteiger partial charge in [-0.3, -0.25) is 4.90 Å². The van der Waals surface area contributed by atoms with E-state index in [1.807, 2.05) is 6.07 Å². The van der Waals surface area contributed by atoms with E-state index in [4.69, 9.17) is 0 Å². The first-order valence-corrected chi connectivity index (χ1v) is 11.0. The zero-order chi connectivity index (χ0) is 23.3. The fourth-order valence-electron chi connectivity index (χ4n) is 5.28. The molecule has 3 aromatic rings. The highest BCUT2D eigenvalue weighted by atomic mass is 19.4. The van der Waals surface area contributed by atoms with Gasteiger partial charge in [-0.25, -0.2) is 4.98 Å². The molecular weight excluding hydrogens is 431 g/mol. The number of benzene rings is 1. The monoisotopic (exact) mass is 455 g/mol. The van der Waals surface area contributed by atoms with Crippen molar-refractivity contribution in [2.45, 2.75) is 44.4 Å². The van der Waals surface area contributed by atoms with Gasteiger partial charge in [-0.15, -0.1) is 0 Å². The van der Waals surface area contributed by atoms with Crippen LogP contribution in [-0.4, -0.2) is 69.0 Å². The van der Waals surface area contributed by atoms with Gasteiger partial charge < -0.3 is 4.90 Å². The third kappa shape index (κ3) is 3.85. The molecule has 2 aromatic heterocycles. The first-order chi connectivity index (χ1) is 15.8. The Balaban J connectivity index is 1.41. The number of aromatic nitrogens is 4. The number of fused-ring (bicyclic) bond motifs is 3. The number of aryl methyl sites for hydroxylation is 2. The molecule has 2 atom stereocenters. The number of alkyl halides is 3. The van der Waals surface area contributed by atoms with Crippen molar-refractivity contribution >= 4 is 11.0 Å². The molecule has 4 heterocycles. The molecule has 7 nitrogen and oxygen atoms in total. The second-order valence-corrected chi connectivity index (χ2v) is 9.02. The van der Waals surface area contributed by atoms with Gasteiger partial charge in [0.05, 0.1) is 11.3 Å². The van der Waals surface area contributed by atoms with Gasteiger partial charge in [0.2, 0.25) is 0 Å². The molecule has 1 N–H and O–H groups in total. The Kier molecular flexibility index (Phi) is 5.34. The molecular formula is C23H24F3N7. The van der Waals surface area contributed by atoms with Crippen molar-refractivity contribution in [1.82, 2.24) is 30.2 Å². The molecule has 2 aliphatic rings. The number of pyridine rings is 1. The molecule has 5 rings (SSSR count). The third-order valence-corrected chi connectivity index (χ3v) is 7.02. The third-order valence-electron chi connectivity index (χ3n) is 7.02. The predicted molar refractivity (Wildman–Crippen MR) is 116 cm³/mol. The fourth-order valence-corrected chi connectivity index (χ4v) is 5.28. The summed E-state index contributed by atoms with van der Waals surface area (Å²) in [5.41, 5.74) is 1.60. The summed E-state index contributed by atoms with van der Waals surface area (Å²) in [5, 5.41) is 19.8. The number of rotatable bonds is 5. The minimum atomic E-state index is -4.48. The minimum absolute atomic E-state index is 0.0301. The number of hydrogen-bond acceptors (Lipinski definition) is 6. The lowest BCUT2D eigenvalue weighted by Crippen LogP contribution is -2.44. The lowest BCUT2D eigenvalue weighted by Gasteiger charge is -2.31. The largest absolute Gasteiger partial charge is 0.416 e. The number of halogens is 3. The molecule has 1 aromatic carbocycles. The smallest absolute Gasteiger partial charge is 0.301 e. The number of nitrogens with zero attached hydrogens (tertiary/aromatic N) is 6. The Morgan fingerprint density at radius 1 is 1.18 bits per heavy atom. The van der Waals surface area contributed by atoms with Crippen LogP contribution in [-0.2, 0) is 12.6 Å². The van der Waals surface area contributed by atoms with Crippen LogP contribution in [0.1, 0.15) is 35.2 Å². The summed E-state index contributed by atoms with van der Waals surface area (Å²) >= 11 is 0. The summed E-state index contributed by atoms with van der Waals surface area (Å²) in [5.74, 6) is 0. The van der Waals surface area contributed by atoms with Crippen molar-refractivity contribution in [1.29, 1.82) is 5.26 Å². The normalized spacial score (nSPS) is 21.2. The average molecular weight is 455 g/mol. The first kappa shape index (κ1) is 21.8. The molecule has 0 radical (unpaired) electrons. The van der Waals surface area contributed by atoms with Gasteiger partial charge in [0.15, 0.2) is 5.69 Å². The van der Waals surface area contributed by atoms with Crippen LogP contribution in [0.25, 0.3) is 22.3 Å². The zero-order valence-corrected chi connectivity index (χ0v) is 18.4. The van der Waals surface area contributed by atoms with Gasteiger partial charge in [-0.05, 0) is 51.4 Å². The summed E-state index contributed by atoms with van der Waals surface area (Å²) < 4.78 is 41.9. The number of piperazine rings is 1. The second kappa shape index (κ2) is 8.08. The molecule has 33 heavy (non-hydrogen) atoms. The van der Waals surface area contributed by atoms with Crippen molar-refractivity contribution in [3.63, 3.8) is 0 Å². The summed E-state index contributed by atoms with van der Waals surface area (Å²) in [6, 6.07) is 7.40. The van der Waals surface area contributed by atoms with E-state index < -0.39 is 11.7 Å². The molecule has 0 amide bonds. The minimum Gasteiger partial charge on any atom is -0.301 e. The van der Waals surface area contributed by atoms with Crippen molar-refractivity contribution in [2.24, 2.45) is 0 Å². The molecule has 2 fully saturated rings. The standard InChI is InChI=1S/C23H24F3N7/c1-13-20(28-19(10-27)22-21(13)29-31-30-22)15-6-5-14(18(8-15)23(24,25)26)4-3-7-33-12-16-9-17(33)11-32(16)2/h5-6,8,16-17H,3-4,7,9,11-12H2,1-2H3,(H,29,30,31)/t16-,17-/m0/s1. The Morgan fingerprint density at radius 3 is 2.64 bits per heavy atom. The highest BCUT2D eigenvalue weighted by molar-refractivity contribution is 5.87. The first-order valence-electron chi connectivity index (χ1n) is 11.0. The summed E-state index contributed by atoms with van der Waals surface area (Å²) in [6.45, 7) is 4.57. The molecule has 0 aliphatic carbocycles. The summed E-state index contributed by atoms with van der Waals surface area (Å²) in [7, 11) is 2.13. The van der Waals surface area contributed by atoms with E-state index in [1.165, 1.54) is 0 Å². The van der Waals surface area contributed by atoms with Gasteiger partial charge in [0.1, 0.15) is 17.1 Å². The summed E-state index contributed by atoms with van der Waals surface area (Å²) in [6.07, 6.45) is -2.29. The highest BCUT2D eigenvalue weighted by Gasteiger charge is 2.41. The fraction of sp³-hybridized carbons (Fsp3) is 0.478. The maximum atomic E-state index is 14.0. The lowest BCUT2D eigenvalue weighted by molar-refractivity contribution is -0.138. The van der Waals surface area contributed by atoms with E-state index >= 15 is 0 Å². The zero-order valence-electron chi connectivity index (χ0n) is 18.4. The number of hydrogen-bond donors (Lipinski definition) is 1. The van der Waals surface area contributed by atoms with Crippen LogP contribution in [0, 0.1) is 18.3 Å². The topological polar surface area (TPSA) is 84.7 Å². The molecule has 0 unspecified atom stereocenters. The second-order valence-electron chi connectivity index (χ2n) is 9.02. The number of likely N-dealkylation sites (N-methyl/N-ethyl adjacent to an activating group) is 1. The van der Waals surface area contributed by atoms with Gasteiger partial charge >= 0.3 is 6.18 Å². The molecule has 172 valence electrons. The maximum Gasteiger partial charge on any atom is 0.416 e. The van der Waals surface area contributed by atoms with Crippen LogP contribution in [0.3, 0.4) is 0 Å². The molecule has 0 saturated carbocycles. The maximum absolute atomic E-state index is 14.0. The van der Waals surface area contributed by atoms with Crippen molar-refractivity contribution < 1.29 is 13.2 Å². The van der Waals surface area contributed by atoms with Gasteiger partial charge in [0.25, 0.3) is 0 Å². The highest BCUT2D eigenvalue weighted by Crippen LogP contribution is 2.37. The van der Waals surface area contributed by atoms with Crippen LogP contribution in [0.2, 0.25) is 0 Å². The van der Waals surface area contributed by atoms with E-state index in [1.54, 1.807) is 19.1 Å². The number of nitrogens with one attached hydrogen (secondary N) is 1. The number of likely N-dealkylation sites (tertiary alicyclic amines) is 2. The van der Waals surface area contributed by atoms with Crippen LogP contribution in [0.15, 0.2) is 18.2 Å². The molecule has 2 bridgehead atoms. The van der Waals surface area contributed by atoms with Gasteiger partial charge in [-0.2, -0.15) is 33.8 Å². The van der Waals surface area contributed by atoms with Crippen LogP contribution < -0.4 is 0 Å². The van der Waals surface area contributed by atoms with E-state index in [9.17, 15) is 18.4 Å². The van der Waals surface area contributed by atoms with Crippen LogP contribution in [0.5, 0.6) is 0 Å². The van der Waals surface area contributed by atoms with Crippen LogP contribution >= 0.6 is 0 Å². The van der Waals surface area contributed by atoms with E-state index in [2.05, 4.69) is 37.2 Å². The van der Waals surface area contributed by atoms with E-state index in [0.29, 0.717) is 52.8 Å². The Bertz CT molecular complexity index is 1240. The van der Waals surface area contributed by atoms with Gasteiger partial charge in [-0.1, -0.05) is 12.1 Å². The number of aromatic amines is 1. The summed E-state index contributed by atoms with van der Waals surface area (Å²) in [4.78, 5) is 9.07. The van der Waals surface area contributed by atoms with Crippen molar-refractivity contribution in [3.05, 3.63) is 40.6 Å². The molecule has 0 spiro atoms. The number of H-pyrrole nitrogens is 1. The predicted octanol–water partition coefficient (Wildman–Crippen LogP) is 3.54. The lowest BCUT2D eigenvalue weighted by atomic mass is 9.96. The number of nitriles is 1. The average Bonchev–Trinajstić information content (AvgIpc) is 3.50. The van der Waals surface area contributed by atoms with Crippen LogP contribution in [0.4, 0.5) is 13.2 Å². The Hall–Kier alpha value is -3.03.